The number of hydrogen-bond acceptors (Lipinski definition) is 6. The van der Waals surface area contributed by atoms with Crippen LogP contribution in [0.2, 0.25) is 0 Å². The quantitative estimate of drug-likeness (QED) is 0.151. The standard InChI is InChI=1S/C74H44N2O4/c1-5-17-45(18-6-1)55-33-35-59-57-25-13-15-27-64(57)78-73(59)70(55)75(51-21-9-3-10-22-51)53-31-29-47-41-62-61-37-38-66-69(72(61)80-67(62)43-49(47)39-53)63-42-48-30-32-54(40-50(48)44-68(63)77-66)76(52-23-11-4-12-24-52)71-56(46-19-7-2-8-20-46)34-36-60-58-26-14-16-28-65(58)79-74(60)71/h1-44H. The van der Waals surface area contributed by atoms with Gasteiger partial charge < -0.3 is 27.5 Å². The molecule has 0 atom stereocenters. The van der Waals surface area contributed by atoms with E-state index in [1.54, 1.807) is 0 Å². The van der Waals surface area contributed by atoms with E-state index in [0.29, 0.717) is 0 Å². The number of anilines is 6. The summed E-state index contributed by atoms with van der Waals surface area (Å²) >= 11 is 0. The van der Waals surface area contributed by atoms with Gasteiger partial charge in [-0.1, -0.05) is 158 Å². The van der Waals surface area contributed by atoms with Crippen molar-refractivity contribution in [2.45, 2.75) is 0 Å². The number of furan rings is 4. The molecule has 0 bridgehead atoms. The Morgan fingerprint density at radius 2 is 0.650 bits per heavy atom. The summed E-state index contributed by atoms with van der Waals surface area (Å²) < 4.78 is 27.5. The summed E-state index contributed by atoms with van der Waals surface area (Å²) in [6, 6.07) is 94.3. The summed E-state index contributed by atoms with van der Waals surface area (Å²) in [6.07, 6.45) is 0. The zero-order valence-corrected chi connectivity index (χ0v) is 42.9. The minimum Gasteiger partial charge on any atom is -0.456 e. The second kappa shape index (κ2) is 17.3. The first-order valence-electron chi connectivity index (χ1n) is 27.0. The van der Waals surface area contributed by atoms with E-state index in [2.05, 4.69) is 252 Å². The van der Waals surface area contributed by atoms with Crippen molar-refractivity contribution in [3.8, 4) is 22.3 Å². The van der Waals surface area contributed by atoms with Crippen LogP contribution in [0.15, 0.2) is 285 Å². The molecule has 17 rings (SSSR count). The van der Waals surface area contributed by atoms with Crippen molar-refractivity contribution < 1.29 is 17.7 Å². The van der Waals surface area contributed by atoms with Crippen LogP contribution in [-0.4, -0.2) is 0 Å². The van der Waals surface area contributed by atoms with E-state index in [4.69, 9.17) is 17.7 Å². The highest BCUT2D eigenvalue weighted by Gasteiger charge is 2.27. The molecule has 0 N–H and O–H groups in total. The van der Waals surface area contributed by atoms with Gasteiger partial charge in [0.2, 0.25) is 0 Å². The number of hydrogen-bond donors (Lipinski definition) is 0. The molecule has 0 fully saturated rings. The lowest BCUT2D eigenvalue weighted by Gasteiger charge is -2.28. The Kier molecular flexibility index (Phi) is 9.61. The largest absolute Gasteiger partial charge is 0.456 e. The molecule has 13 aromatic carbocycles. The molecule has 6 heteroatoms. The monoisotopic (exact) mass is 1020 g/mol. The van der Waals surface area contributed by atoms with Crippen molar-refractivity contribution in [1.29, 1.82) is 0 Å². The molecule has 0 amide bonds. The average Bonchev–Trinajstić information content (AvgIpc) is 4.48. The zero-order chi connectivity index (χ0) is 52.4. The first kappa shape index (κ1) is 44.3. The Bertz CT molecular complexity index is 5310. The summed E-state index contributed by atoms with van der Waals surface area (Å²) in [5, 5.41) is 12.7. The van der Waals surface area contributed by atoms with Crippen LogP contribution in [0.5, 0.6) is 0 Å². The van der Waals surface area contributed by atoms with Gasteiger partial charge in [0.1, 0.15) is 33.5 Å². The highest BCUT2D eigenvalue weighted by Crippen LogP contribution is 2.51. The Labute approximate surface area is 457 Å². The Balaban J connectivity index is 0.816. The second-order valence-electron chi connectivity index (χ2n) is 20.7. The predicted octanol–water partition coefficient (Wildman–Crippen LogP) is 21.9. The van der Waals surface area contributed by atoms with Gasteiger partial charge in [-0.2, -0.15) is 0 Å². The normalized spacial score (nSPS) is 12.0. The molecule has 0 aliphatic heterocycles. The summed E-state index contributed by atoms with van der Waals surface area (Å²) in [5.41, 5.74) is 16.9. The maximum Gasteiger partial charge on any atom is 0.160 e. The first-order valence-corrected chi connectivity index (χ1v) is 27.0. The molecule has 17 aromatic rings. The van der Waals surface area contributed by atoms with E-state index in [0.717, 1.165) is 166 Å². The van der Waals surface area contributed by atoms with Crippen LogP contribution in [0.25, 0.3) is 132 Å². The molecule has 0 spiro atoms. The summed E-state index contributed by atoms with van der Waals surface area (Å²) in [7, 11) is 0. The fraction of sp³-hybridized carbons (Fsp3) is 0. The number of rotatable bonds is 8. The molecule has 0 saturated heterocycles. The number of fused-ring (bicyclic) bond motifs is 15. The van der Waals surface area contributed by atoms with Crippen molar-refractivity contribution in [2.75, 3.05) is 9.80 Å². The van der Waals surface area contributed by atoms with Gasteiger partial charge in [-0.25, -0.2) is 0 Å². The topological polar surface area (TPSA) is 59.0 Å². The molecular formula is C74H44N2O4. The summed E-state index contributed by atoms with van der Waals surface area (Å²) in [6.45, 7) is 0. The molecule has 0 radical (unpaired) electrons. The Hall–Kier alpha value is -10.8. The van der Waals surface area contributed by atoms with E-state index < -0.39 is 0 Å². The van der Waals surface area contributed by atoms with Gasteiger partial charge in [0.25, 0.3) is 0 Å². The third-order valence-electron chi connectivity index (χ3n) is 16.2. The van der Waals surface area contributed by atoms with Crippen molar-refractivity contribution in [1.82, 2.24) is 0 Å². The van der Waals surface area contributed by atoms with Crippen molar-refractivity contribution in [3.63, 3.8) is 0 Å². The Morgan fingerprint density at radius 3 is 1.18 bits per heavy atom. The molecule has 4 heterocycles. The van der Waals surface area contributed by atoms with Gasteiger partial charge in [-0.3, -0.25) is 0 Å². The maximum atomic E-state index is 7.04. The molecule has 0 aliphatic carbocycles. The number of para-hydroxylation sites is 4. The molecule has 374 valence electrons. The zero-order valence-electron chi connectivity index (χ0n) is 42.9. The lowest BCUT2D eigenvalue weighted by Crippen LogP contribution is -2.11. The van der Waals surface area contributed by atoms with E-state index >= 15 is 0 Å². The van der Waals surface area contributed by atoms with E-state index in [9.17, 15) is 0 Å². The van der Waals surface area contributed by atoms with Crippen LogP contribution >= 0.6 is 0 Å². The third-order valence-corrected chi connectivity index (χ3v) is 16.2. The fourth-order valence-electron chi connectivity index (χ4n) is 12.5. The van der Waals surface area contributed by atoms with Gasteiger partial charge in [0.15, 0.2) is 11.2 Å². The van der Waals surface area contributed by atoms with E-state index in [1.807, 2.05) is 24.3 Å². The molecule has 6 nitrogen and oxygen atoms in total. The molecule has 0 aliphatic rings. The van der Waals surface area contributed by atoms with Gasteiger partial charge in [-0.15, -0.1) is 0 Å². The van der Waals surface area contributed by atoms with Crippen LogP contribution in [0.1, 0.15) is 0 Å². The van der Waals surface area contributed by atoms with Gasteiger partial charge in [0, 0.05) is 71.6 Å². The summed E-state index contributed by atoms with van der Waals surface area (Å²) in [5.74, 6) is 0. The molecule has 4 aromatic heterocycles. The van der Waals surface area contributed by atoms with Crippen LogP contribution in [0, 0.1) is 0 Å². The highest BCUT2D eigenvalue weighted by atomic mass is 16.3. The van der Waals surface area contributed by atoms with Crippen LogP contribution in [-0.2, 0) is 0 Å². The van der Waals surface area contributed by atoms with Gasteiger partial charge in [-0.05, 0) is 142 Å². The maximum absolute atomic E-state index is 7.04. The highest BCUT2D eigenvalue weighted by molar-refractivity contribution is 6.25. The van der Waals surface area contributed by atoms with Crippen LogP contribution < -0.4 is 9.80 Å². The molecule has 80 heavy (non-hydrogen) atoms. The smallest absolute Gasteiger partial charge is 0.160 e. The SMILES string of the molecule is c1ccc(-c2ccc3c(oc4ccccc43)c2N(c2ccccc2)c2ccc3cc4c(cc3c2)oc2c4ccc3oc4cc5cc(N(c6ccccc6)c6c(-c7ccccc7)ccc7c6oc6ccccc67)ccc5cc4c32)cc1. The molecular weight excluding hydrogens is 981 g/mol. The van der Waals surface area contributed by atoms with Crippen molar-refractivity contribution in [2.24, 2.45) is 0 Å². The number of benzene rings is 13. The van der Waals surface area contributed by atoms with Gasteiger partial charge in [0.05, 0.1) is 16.8 Å². The van der Waals surface area contributed by atoms with Gasteiger partial charge >= 0.3 is 0 Å². The Morgan fingerprint density at radius 1 is 0.225 bits per heavy atom. The second-order valence-corrected chi connectivity index (χ2v) is 20.7. The minimum absolute atomic E-state index is 0.774. The molecule has 0 saturated carbocycles. The van der Waals surface area contributed by atoms with Crippen LogP contribution in [0.4, 0.5) is 34.1 Å². The lowest BCUT2D eigenvalue weighted by molar-refractivity contribution is 0.663. The molecule has 0 unspecified atom stereocenters. The third kappa shape index (κ3) is 6.79. The lowest BCUT2D eigenvalue weighted by atomic mass is 9.98. The van der Waals surface area contributed by atoms with E-state index in [-0.39, 0.29) is 0 Å². The predicted molar refractivity (Wildman–Crippen MR) is 331 cm³/mol. The number of nitrogens with zero attached hydrogens (tertiary/aromatic N) is 2. The van der Waals surface area contributed by atoms with Crippen molar-refractivity contribution in [3.05, 3.63) is 267 Å². The van der Waals surface area contributed by atoms with Crippen LogP contribution in [0.3, 0.4) is 0 Å². The van der Waals surface area contributed by atoms with Crippen molar-refractivity contribution >= 4 is 143 Å². The average molecular weight is 1030 g/mol. The van der Waals surface area contributed by atoms with E-state index in [1.165, 1.54) is 0 Å². The fourth-order valence-corrected chi connectivity index (χ4v) is 12.5. The summed E-state index contributed by atoms with van der Waals surface area (Å²) in [4.78, 5) is 4.68. The minimum atomic E-state index is 0.774. The first-order chi connectivity index (χ1) is 39.6.